The Bertz CT molecular complexity index is 979. The van der Waals surface area contributed by atoms with Crippen molar-refractivity contribution in [2.75, 3.05) is 19.8 Å². The van der Waals surface area contributed by atoms with Crippen LogP contribution in [0.1, 0.15) is 56.9 Å². The van der Waals surface area contributed by atoms with Crippen molar-refractivity contribution in [1.82, 2.24) is 9.62 Å². The molecule has 1 N–H and O–H groups in total. The number of amides is 1. The molecule has 5 rings (SSSR count). The summed E-state index contributed by atoms with van der Waals surface area (Å²) in [5.74, 6) is 0.616. The maximum Gasteiger partial charge on any atom is 0.406 e. The number of sulfonamides is 1. The number of alkyl halides is 3. The zero-order valence-corrected chi connectivity index (χ0v) is 19.9. The summed E-state index contributed by atoms with van der Waals surface area (Å²) >= 11 is 0. The summed E-state index contributed by atoms with van der Waals surface area (Å²) < 4.78 is 78.7. The van der Waals surface area contributed by atoms with Gasteiger partial charge >= 0.3 is 6.18 Å². The van der Waals surface area contributed by atoms with Crippen LogP contribution in [0.15, 0.2) is 24.3 Å². The van der Waals surface area contributed by atoms with E-state index in [-0.39, 0.29) is 25.2 Å². The van der Waals surface area contributed by atoms with E-state index in [2.05, 4.69) is 4.72 Å². The molecule has 0 radical (unpaired) electrons. The van der Waals surface area contributed by atoms with Gasteiger partial charge in [0.05, 0.1) is 18.8 Å². The predicted molar refractivity (Wildman–Crippen MR) is 119 cm³/mol. The van der Waals surface area contributed by atoms with Crippen LogP contribution in [0.3, 0.4) is 0 Å². The minimum absolute atomic E-state index is 0.0460. The van der Waals surface area contributed by atoms with Gasteiger partial charge < -0.3 is 14.4 Å². The second kappa shape index (κ2) is 10.0. The van der Waals surface area contributed by atoms with E-state index in [1.165, 1.54) is 4.90 Å². The number of para-hydroxylation sites is 1. The van der Waals surface area contributed by atoms with Crippen molar-refractivity contribution in [2.24, 2.45) is 0 Å². The molecule has 1 aromatic carbocycles. The molecular formula is C23H31F3N2O5S. The third-order valence-electron chi connectivity index (χ3n) is 7.23. The number of hydrogen-bond donors (Lipinski definition) is 1. The Balaban J connectivity index is 1.59. The molecule has 1 aromatic rings. The van der Waals surface area contributed by atoms with Gasteiger partial charge in [0.15, 0.2) is 11.9 Å². The maximum absolute atomic E-state index is 13.1. The summed E-state index contributed by atoms with van der Waals surface area (Å²) in [4.78, 5) is 14.6. The standard InChI is InChI=1S/C23H31F3N2O5S/c1-15(23(24,25)26)34(30,31)27-19-6-4-12-28-20(19)13-32-17-10-8-16(9-11-17)18-5-2-3-7-21(18)33-14-22(28)29/h2-3,5,7,15-17,19-20,27H,4,6,8-14H2,1H3/t15-,16?,17?,19-,20?/m0/s1. The molecule has 3 atom stereocenters. The quantitative estimate of drug-likeness (QED) is 0.683. The second-order valence-electron chi connectivity index (χ2n) is 9.38. The molecule has 1 unspecified atom stereocenters. The summed E-state index contributed by atoms with van der Waals surface area (Å²) in [5, 5.41) is -2.56. The van der Waals surface area contributed by atoms with Gasteiger partial charge in [0, 0.05) is 12.6 Å². The number of halogens is 3. The lowest BCUT2D eigenvalue weighted by atomic mass is 9.82. The maximum atomic E-state index is 13.1. The average Bonchev–Trinajstić information content (AvgIpc) is 2.82. The molecule has 4 aliphatic rings. The molecule has 1 saturated heterocycles. The van der Waals surface area contributed by atoms with Crippen LogP contribution in [-0.2, 0) is 19.6 Å². The lowest BCUT2D eigenvalue weighted by Crippen LogP contribution is -2.61. The smallest absolute Gasteiger partial charge is 0.406 e. The van der Waals surface area contributed by atoms with Crippen LogP contribution in [0, 0.1) is 0 Å². The molecule has 1 aliphatic carbocycles. The third-order valence-corrected chi connectivity index (χ3v) is 9.06. The van der Waals surface area contributed by atoms with Crippen molar-refractivity contribution < 1.29 is 35.9 Å². The van der Waals surface area contributed by atoms with E-state index in [0.29, 0.717) is 38.0 Å². The molecule has 1 amide bonds. The van der Waals surface area contributed by atoms with Crippen molar-refractivity contribution in [3.05, 3.63) is 29.8 Å². The molecule has 2 bridgehead atoms. The highest BCUT2D eigenvalue weighted by Gasteiger charge is 2.47. The van der Waals surface area contributed by atoms with Crippen molar-refractivity contribution in [3.63, 3.8) is 0 Å². The van der Waals surface area contributed by atoms with Gasteiger partial charge in [-0.3, -0.25) is 4.79 Å². The van der Waals surface area contributed by atoms with Gasteiger partial charge in [-0.2, -0.15) is 13.2 Å². The zero-order valence-electron chi connectivity index (χ0n) is 19.1. The highest BCUT2D eigenvalue weighted by Crippen LogP contribution is 2.39. The number of piperidine rings is 1. The van der Waals surface area contributed by atoms with Crippen LogP contribution in [0.25, 0.3) is 0 Å². The number of hydrogen-bond acceptors (Lipinski definition) is 5. The molecule has 1 saturated carbocycles. The summed E-state index contributed by atoms with van der Waals surface area (Å²) in [6.07, 6.45) is -0.760. The average molecular weight is 505 g/mol. The molecule has 0 aromatic heterocycles. The number of carbonyl (C=O) groups is 1. The number of nitrogens with one attached hydrogen (secondary N) is 1. The van der Waals surface area contributed by atoms with E-state index in [4.69, 9.17) is 9.47 Å². The zero-order chi connectivity index (χ0) is 24.5. The van der Waals surface area contributed by atoms with E-state index in [1.54, 1.807) is 0 Å². The van der Waals surface area contributed by atoms with E-state index in [0.717, 1.165) is 31.2 Å². The van der Waals surface area contributed by atoms with Gasteiger partial charge in [-0.15, -0.1) is 0 Å². The molecule has 7 nitrogen and oxygen atoms in total. The van der Waals surface area contributed by atoms with Gasteiger partial charge in [-0.25, -0.2) is 13.1 Å². The Hall–Kier alpha value is -1.85. The van der Waals surface area contributed by atoms with Crippen molar-refractivity contribution in [2.45, 2.75) is 81.0 Å². The van der Waals surface area contributed by atoms with Gasteiger partial charge in [-0.05, 0) is 63.0 Å². The van der Waals surface area contributed by atoms with Crippen molar-refractivity contribution in [1.29, 1.82) is 0 Å². The number of carbonyl (C=O) groups excluding carboxylic acids is 1. The van der Waals surface area contributed by atoms with Gasteiger partial charge in [0.1, 0.15) is 5.75 Å². The fourth-order valence-electron chi connectivity index (χ4n) is 5.15. The molecule has 0 spiro atoms. The molecule has 11 heteroatoms. The fourth-order valence-corrected chi connectivity index (χ4v) is 6.40. The Morgan fingerprint density at radius 1 is 1.12 bits per heavy atom. The first kappa shape index (κ1) is 25.2. The van der Waals surface area contributed by atoms with E-state index < -0.39 is 33.5 Å². The van der Waals surface area contributed by atoms with Crippen molar-refractivity contribution in [3.8, 4) is 5.75 Å². The Kier molecular flexibility index (Phi) is 7.44. The number of ether oxygens (including phenoxy) is 2. The first-order valence-corrected chi connectivity index (χ1v) is 13.3. The van der Waals surface area contributed by atoms with Crippen LogP contribution in [0.2, 0.25) is 0 Å². The third kappa shape index (κ3) is 5.52. The first-order chi connectivity index (χ1) is 16.1. The fraction of sp³-hybridized carbons (Fsp3) is 0.696. The largest absolute Gasteiger partial charge is 0.483 e. The van der Waals surface area contributed by atoms with Crippen LogP contribution >= 0.6 is 0 Å². The molecule has 3 aliphatic heterocycles. The summed E-state index contributed by atoms with van der Waals surface area (Å²) in [7, 11) is -4.69. The molecule has 34 heavy (non-hydrogen) atoms. The minimum atomic E-state index is -4.89. The van der Waals surface area contributed by atoms with E-state index >= 15 is 0 Å². The molecule has 2 fully saturated rings. The highest BCUT2D eigenvalue weighted by atomic mass is 32.2. The van der Waals surface area contributed by atoms with Gasteiger partial charge in [0.2, 0.25) is 10.0 Å². The Labute approximate surface area is 198 Å². The first-order valence-electron chi connectivity index (χ1n) is 11.8. The van der Waals surface area contributed by atoms with E-state index in [1.807, 2.05) is 24.3 Å². The molecule has 190 valence electrons. The minimum Gasteiger partial charge on any atom is -0.483 e. The van der Waals surface area contributed by atoms with Crippen LogP contribution < -0.4 is 9.46 Å². The van der Waals surface area contributed by atoms with Crippen molar-refractivity contribution >= 4 is 15.9 Å². The molecule has 3 heterocycles. The summed E-state index contributed by atoms with van der Waals surface area (Å²) in [6, 6.07) is 6.07. The van der Waals surface area contributed by atoms with Gasteiger partial charge in [-0.1, -0.05) is 18.2 Å². The van der Waals surface area contributed by atoms with Crippen LogP contribution in [-0.4, -0.2) is 68.6 Å². The predicted octanol–water partition coefficient (Wildman–Crippen LogP) is 3.35. The monoisotopic (exact) mass is 504 g/mol. The Morgan fingerprint density at radius 2 is 1.82 bits per heavy atom. The van der Waals surface area contributed by atoms with E-state index in [9.17, 15) is 26.4 Å². The SMILES string of the molecule is C[C@@H](C(F)(F)F)S(=O)(=O)N[C@H]1CCCN2C(=O)COc3ccccc3C3CCC(CC3)OCC12. The topological polar surface area (TPSA) is 84.9 Å². The van der Waals surface area contributed by atoms with Gasteiger partial charge in [0.25, 0.3) is 5.91 Å². The number of rotatable bonds is 3. The van der Waals surface area contributed by atoms with Crippen LogP contribution in [0.4, 0.5) is 13.2 Å². The highest BCUT2D eigenvalue weighted by molar-refractivity contribution is 7.90. The normalized spacial score (nSPS) is 29.6. The number of fused-ring (bicyclic) bond motifs is 5. The Morgan fingerprint density at radius 3 is 2.53 bits per heavy atom. The number of nitrogens with zero attached hydrogens (tertiary/aromatic N) is 1. The lowest BCUT2D eigenvalue weighted by Gasteiger charge is -2.42. The summed E-state index contributed by atoms with van der Waals surface area (Å²) in [6.45, 7) is 0.806. The number of benzene rings is 1. The second-order valence-corrected chi connectivity index (χ2v) is 11.4. The summed E-state index contributed by atoms with van der Waals surface area (Å²) in [5.41, 5.74) is 1.06. The lowest BCUT2D eigenvalue weighted by molar-refractivity contribution is -0.140. The molecular weight excluding hydrogens is 473 g/mol. The van der Waals surface area contributed by atoms with Crippen LogP contribution in [0.5, 0.6) is 5.75 Å².